The Balaban J connectivity index is 1.81. The van der Waals surface area contributed by atoms with E-state index < -0.39 is 0 Å². The van der Waals surface area contributed by atoms with Crippen LogP contribution in [0.5, 0.6) is 0 Å². The lowest BCUT2D eigenvalue weighted by molar-refractivity contribution is -0.143. The third-order valence-corrected chi connectivity index (χ3v) is 6.77. The van der Waals surface area contributed by atoms with Crippen molar-refractivity contribution in [1.82, 2.24) is 9.80 Å². The SMILES string of the molecule is CCOCCCN(CC(=O)N1CCc2sccc2C1c1ccc(Cl)cc1)C(=O)C(C)C. The van der Waals surface area contributed by atoms with Crippen LogP contribution in [0.15, 0.2) is 35.7 Å². The van der Waals surface area contributed by atoms with Crippen LogP contribution in [0.1, 0.15) is 49.2 Å². The largest absolute Gasteiger partial charge is 0.382 e. The van der Waals surface area contributed by atoms with Gasteiger partial charge >= 0.3 is 0 Å². The maximum absolute atomic E-state index is 13.5. The van der Waals surface area contributed by atoms with Crippen LogP contribution in [-0.2, 0) is 20.7 Å². The van der Waals surface area contributed by atoms with Gasteiger partial charge in [-0.3, -0.25) is 9.59 Å². The van der Waals surface area contributed by atoms with Crippen LogP contribution in [-0.4, -0.2) is 54.5 Å². The molecule has 0 spiro atoms. The fourth-order valence-corrected chi connectivity index (χ4v) is 5.01. The van der Waals surface area contributed by atoms with E-state index in [0.717, 1.165) is 18.4 Å². The minimum Gasteiger partial charge on any atom is -0.382 e. The van der Waals surface area contributed by atoms with Gasteiger partial charge in [0.15, 0.2) is 0 Å². The fraction of sp³-hybridized carbons (Fsp3) is 0.500. The number of carbonyl (C=O) groups excluding carboxylic acids is 2. The summed E-state index contributed by atoms with van der Waals surface area (Å²) in [5.74, 6) is -0.180. The van der Waals surface area contributed by atoms with Crippen molar-refractivity contribution in [2.45, 2.75) is 39.7 Å². The Bertz CT molecular complexity index is 881. The molecule has 5 nitrogen and oxygen atoms in total. The number of carbonyl (C=O) groups is 2. The molecule has 168 valence electrons. The van der Waals surface area contributed by atoms with Gasteiger partial charge in [-0.25, -0.2) is 0 Å². The normalized spacial score (nSPS) is 15.8. The lowest BCUT2D eigenvalue weighted by Crippen LogP contribution is -2.47. The highest BCUT2D eigenvalue weighted by Crippen LogP contribution is 2.38. The van der Waals surface area contributed by atoms with Gasteiger partial charge in [0, 0.05) is 42.1 Å². The number of thiophene rings is 1. The average molecular weight is 463 g/mol. The van der Waals surface area contributed by atoms with E-state index in [1.807, 2.05) is 49.9 Å². The first-order chi connectivity index (χ1) is 14.9. The van der Waals surface area contributed by atoms with Crippen LogP contribution in [0.3, 0.4) is 0 Å². The Morgan fingerprint density at radius 1 is 1.26 bits per heavy atom. The molecule has 1 aliphatic rings. The molecule has 3 rings (SSSR count). The highest BCUT2D eigenvalue weighted by Gasteiger charge is 2.34. The molecule has 1 aromatic heterocycles. The number of ether oxygens (including phenoxy) is 1. The summed E-state index contributed by atoms with van der Waals surface area (Å²) in [6.07, 6.45) is 1.56. The second-order valence-corrected chi connectivity index (χ2v) is 9.49. The third kappa shape index (κ3) is 5.88. The molecule has 2 heterocycles. The molecular formula is C24H31ClN2O3S. The number of benzene rings is 1. The lowest BCUT2D eigenvalue weighted by atomic mass is 9.93. The zero-order valence-corrected chi connectivity index (χ0v) is 20.0. The van der Waals surface area contributed by atoms with E-state index in [0.29, 0.717) is 31.3 Å². The minimum absolute atomic E-state index is 0.00104. The molecular weight excluding hydrogens is 432 g/mol. The molecule has 2 amide bonds. The van der Waals surface area contributed by atoms with Crippen LogP contribution in [0, 0.1) is 5.92 Å². The van der Waals surface area contributed by atoms with E-state index in [-0.39, 0.29) is 30.3 Å². The van der Waals surface area contributed by atoms with Crippen molar-refractivity contribution < 1.29 is 14.3 Å². The second-order valence-electron chi connectivity index (χ2n) is 8.06. The van der Waals surface area contributed by atoms with E-state index in [9.17, 15) is 9.59 Å². The maximum atomic E-state index is 13.5. The number of rotatable bonds is 9. The average Bonchev–Trinajstić information content (AvgIpc) is 3.24. The van der Waals surface area contributed by atoms with Crippen molar-refractivity contribution >= 4 is 34.8 Å². The van der Waals surface area contributed by atoms with E-state index in [1.54, 1.807) is 16.2 Å². The quantitative estimate of drug-likeness (QED) is 0.503. The number of hydrogen-bond donors (Lipinski definition) is 0. The number of halogens is 1. The zero-order chi connectivity index (χ0) is 22.4. The zero-order valence-electron chi connectivity index (χ0n) is 18.5. The van der Waals surface area contributed by atoms with Gasteiger partial charge in [0.25, 0.3) is 0 Å². The summed E-state index contributed by atoms with van der Waals surface area (Å²) >= 11 is 7.84. The highest BCUT2D eigenvalue weighted by atomic mass is 35.5. The van der Waals surface area contributed by atoms with Crippen molar-refractivity contribution in [2.24, 2.45) is 5.92 Å². The molecule has 0 saturated heterocycles. The van der Waals surface area contributed by atoms with Crippen molar-refractivity contribution in [3.63, 3.8) is 0 Å². The number of amides is 2. The summed E-state index contributed by atoms with van der Waals surface area (Å²) < 4.78 is 5.42. The number of nitrogens with zero attached hydrogens (tertiary/aromatic N) is 2. The molecule has 31 heavy (non-hydrogen) atoms. The molecule has 7 heteroatoms. The fourth-order valence-electron chi connectivity index (χ4n) is 3.98. The van der Waals surface area contributed by atoms with Gasteiger partial charge in [0.1, 0.15) is 0 Å². The molecule has 0 fully saturated rings. The summed E-state index contributed by atoms with van der Waals surface area (Å²) in [5.41, 5.74) is 2.21. The van der Waals surface area contributed by atoms with Crippen LogP contribution in [0.25, 0.3) is 0 Å². The van der Waals surface area contributed by atoms with E-state index in [2.05, 4.69) is 11.4 Å². The molecule has 0 bridgehead atoms. The molecule has 1 aromatic carbocycles. The van der Waals surface area contributed by atoms with Crippen molar-refractivity contribution in [3.8, 4) is 0 Å². The first-order valence-electron chi connectivity index (χ1n) is 10.9. The van der Waals surface area contributed by atoms with Crippen LogP contribution in [0.4, 0.5) is 0 Å². The van der Waals surface area contributed by atoms with Crippen LogP contribution in [0.2, 0.25) is 5.02 Å². The minimum atomic E-state index is -0.156. The van der Waals surface area contributed by atoms with Gasteiger partial charge < -0.3 is 14.5 Å². The standard InChI is InChI=1S/C24H31ClN2O3S/c1-4-30-14-5-12-26(24(29)17(2)3)16-22(28)27-13-10-21-20(11-15-31-21)23(27)18-6-8-19(25)9-7-18/h6-9,11,15,17,23H,4-5,10,12-14,16H2,1-3H3. The number of fused-ring (bicyclic) bond motifs is 1. The van der Waals surface area contributed by atoms with Gasteiger partial charge in [-0.1, -0.05) is 37.6 Å². The van der Waals surface area contributed by atoms with Gasteiger partial charge in [-0.15, -0.1) is 11.3 Å². The first-order valence-corrected chi connectivity index (χ1v) is 12.2. The smallest absolute Gasteiger partial charge is 0.242 e. The topological polar surface area (TPSA) is 49.9 Å². The van der Waals surface area contributed by atoms with Crippen molar-refractivity contribution in [2.75, 3.05) is 32.8 Å². The summed E-state index contributed by atoms with van der Waals surface area (Å²) in [6.45, 7) is 8.18. The van der Waals surface area contributed by atoms with Gasteiger partial charge in [0.2, 0.25) is 11.8 Å². The summed E-state index contributed by atoms with van der Waals surface area (Å²) in [4.78, 5) is 31.2. The first kappa shape index (κ1) is 23.8. The van der Waals surface area contributed by atoms with E-state index in [1.165, 1.54) is 10.4 Å². The van der Waals surface area contributed by atoms with Crippen molar-refractivity contribution in [3.05, 3.63) is 56.7 Å². The Morgan fingerprint density at radius 3 is 2.68 bits per heavy atom. The number of hydrogen-bond acceptors (Lipinski definition) is 4. The Hall–Kier alpha value is -1.89. The van der Waals surface area contributed by atoms with Gasteiger partial charge in [-0.2, -0.15) is 0 Å². The maximum Gasteiger partial charge on any atom is 0.242 e. The molecule has 2 aromatic rings. The Morgan fingerprint density at radius 2 is 2.00 bits per heavy atom. The Kier molecular flexibility index (Phi) is 8.52. The molecule has 1 atom stereocenters. The molecule has 0 N–H and O–H groups in total. The van der Waals surface area contributed by atoms with Crippen LogP contribution >= 0.6 is 22.9 Å². The summed E-state index contributed by atoms with van der Waals surface area (Å²) in [7, 11) is 0. The second kappa shape index (κ2) is 11.1. The molecule has 1 aliphatic heterocycles. The van der Waals surface area contributed by atoms with Gasteiger partial charge in [0.05, 0.1) is 12.6 Å². The molecule has 0 radical (unpaired) electrons. The molecule has 0 saturated carbocycles. The molecule has 0 aliphatic carbocycles. The van der Waals surface area contributed by atoms with E-state index in [4.69, 9.17) is 16.3 Å². The molecule has 1 unspecified atom stereocenters. The lowest BCUT2D eigenvalue weighted by Gasteiger charge is -2.38. The monoisotopic (exact) mass is 462 g/mol. The van der Waals surface area contributed by atoms with Crippen molar-refractivity contribution in [1.29, 1.82) is 0 Å². The summed E-state index contributed by atoms with van der Waals surface area (Å²) in [6, 6.07) is 9.65. The van der Waals surface area contributed by atoms with E-state index >= 15 is 0 Å². The predicted molar refractivity (Wildman–Crippen MR) is 126 cm³/mol. The van der Waals surface area contributed by atoms with Crippen LogP contribution < -0.4 is 0 Å². The Labute approximate surface area is 193 Å². The third-order valence-electron chi connectivity index (χ3n) is 5.52. The highest BCUT2D eigenvalue weighted by molar-refractivity contribution is 7.10. The summed E-state index contributed by atoms with van der Waals surface area (Å²) in [5, 5.41) is 2.76. The predicted octanol–water partition coefficient (Wildman–Crippen LogP) is 4.79. The van der Waals surface area contributed by atoms with Gasteiger partial charge in [-0.05, 0) is 54.5 Å².